The summed E-state index contributed by atoms with van der Waals surface area (Å²) in [6.45, 7) is 0. The van der Waals surface area contributed by atoms with Crippen LogP contribution in [0.5, 0.6) is 5.75 Å². The molecule has 0 atom stereocenters. The smallest absolute Gasteiger partial charge is 0.171 e. The van der Waals surface area contributed by atoms with Crippen molar-refractivity contribution in [3.05, 3.63) is 64.2 Å². The predicted molar refractivity (Wildman–Crippen MR) is 72.4 cm³/mol. The average molecular weight is 297 g/mol. The van der Waals surface area contributed by atoms with Crippen LogP contribution in [0.4, 0.5) is 8.78 Å². The van der Waals surface area contributed by atoms with Crippen LogP contribution < -0.4 is 4.74 Å². The van der Waals surface area contributed by atoms with Crippen LogP contribution in [0.1, 0.15) is 15.9 Å². The first-order valence-corrected chi connectivity index (χ1v) is 6.20. The quantitative estimate of drug-likeness (QED) is 0.796. The summed E-state index contributed by atoms with van der Waals surface area (Å²) in [6.07, 6.45) is -0.216. The second-order valence-electron chi connectivity index (χ2n) is 4.16. The van der Waals surface area contributed by atoms with E-state index in [1.807, 2.05) is 0 Å². The molecule has 0 unspecified atom stereocenters. The Hall–Kier alpha value is -1.94. The molecule has 0 aliphatic heterocycles. The van der Waals surface area contributed by atoms with Gasteiger partial charge in [0, 0.05) is 6.42 Å². The number of ketones is 1. The summed E-state index contributed by atoms with van der Waals surface area (Å²) in [6, 6.07) is 8.03. The first-order valence-electron chi connectivity index (χ1n) is 5.82. The molecule has 2 nitrogen and oxygen atoms in total. The molecule has 0 aromatic heterocycles. The number of carbonyl (C=O) groups excluding carboxylic acids is 1. The third-order valence-corrected chi connectivity index (χ3v) is 3.14. The highest BCUT2D eigenvalue weighted by molar-refractivity contribution is 6.30. The summed E-state index contributed by atoms with van der Waals surface area (Å²) in [5.74, 6) is -1.39. The number of methoxy groups -OCH3 is 1. The van der Waals surface area contributed by atoms with E-state index in [0.717, 1.165) is 6.07 Å². The molecule has 0 saturated carbocycles. The first kappa shape index (κ1) is 14.5. The molecule has 0 N–H and O–H groups in total. The van der Waals surface area contributed by atoms with Gasteiger partial charge in [-0.15, -0.1) is 0 Å². The summed E-state index contributed by atoms with van der Waals surface area (Å²) in [4.78, 5) is 12.2. The molecule has 0 saturated heterocycles. The molecule has 104 valence electrons. The molecule has 2 aromatic carbocycles. The van der Waals surface area contributed by atoms with E-state index in [-0.39, 0.29) is 28.3 Å². The van der Waals surface area contributed by atoms with Crippen molar-refractivity contribution in [2.24, 2.45) is 0 Å². The molecule has 0 amide bonds. The number of hydrogen-bond donors (Lipinski definition) is 0. The van der Waals surface area contributed by atoms with Gasteiger partial charge in [-0.1, -0.05) is 23.7 Å². The largest absolute Gasteiger partial charge is 0.496 e. The molecule has 20 heavy (non-hydrogen) atoms. The summed E-state index contributed by atoms with van der Waals surface area (Å²) in [5, 5.41) is -0.0542. The van der Waals surface area contributed by atoms with Crippen LogP contribution in [0.15, 0.2) is 36.4 Å². The number of carbonyl (C=O) groups is 1. The van der Waals surface area contributed by atoms with E-state index in [1.165, 1.54) is 31.4 Å². The minimum Gasteiger partial charge on any atom is -0.496 e. The Morgan fingerprint density at radius 2 is 2.00 bits per heavy atom. The minimum absolute atomic E-state index is 0.0542. The Kier molecular flexibility index (Phi) is 4.35. The molecule has 0 spiro atoms. The maximum Gasteiger partial charge on any atom is 0.171 e. The van der Waals surface area contributed by atoms with E-state index in [2.05, 4.69) is 0 Å². The standard InChI is InChI=1S/C15H11ClF2O2/c1-20-14-6-5-10(17)8-11(14)13(19)7-9-3-2-4-12(16)15(9)18/h2-6,8H,7H2,1H3. The van der Waals surface area contributed by atoms with E-state index < -0.39 is 17.4 Å². The van der Waals surface area contributed by atoms with Gasteiger partial charge < -0.3 is 4.74 Å². The van der Waals surface area contributed by atoms with Crippen LogP contribution in [-0.4, -0.2) is 12.9 Å². The van der Waals surface area contributed by atoms with E-state index in [9.17, 15) is 13.6 Å². The van der Waals surface area contributed by atoms with Crippen LogP contribution in [0.25, 0.3) is 0 Å². The number of hydrogen-bond acceptors (Lipinski definition) is 2. The molecular formula is C15H11ClF2O2. The summed E-state index contributed by atoms with van der Waals surface area (Å²) < 4.78 is 32.0. The fourth-order valence-electron chi connectivity index (χ4n) is 1.85. The van der Waals surface area contributed by atoms with E-state index in [0.29, 0.717) is 0 Å². The Labute approximate surface area is 119 Å². The number of Topliss-reactive ketones (excluding diaryl/α,β-unsaturated/α-hetero) is 1. The Morgan fingerprint density at radius 3 is 2.70 bits per heavy atom. The van der Waals surface area contributed by atoms with Crippen molar-refractivity contribution in [1.29, 1.82) is 0 Å². The highest BCUT2D eigenvalue weighted by Crippen LogP contribution is 2.23. The molecule has 0 radical (unpaired) electrons. The lowest BCUT2D eigenvalue weighted by molar-refractivity contribution is 0.0988. The van der Waals surface area contributed by atoms with E-state index >= 15 is 0 Å². The Balaban J connectivity index is 2.33. The van der Waals surface area contributed by atoms with Crippen LogP contribution in [0, 0.1) is 11.6 Å². The number of rotatable bonds is 4. The van der Waals surface area contributed by atoms with Crippen molar-refractivity contribution in [1.82, 2.24) is 0 Å². The van der Waals surface area contributed by atoms with Crippen molar-refractivity contribution in [3.8, 4) is 5.75 Å². The van der Waals surface area contributed by atoms with Gasteiger partial charge in [-0.2, -0.15) is 0 Å². The van der Waals surface area contributed by atoms with E-state index in [1.54, 1.807) is 6.07 Å². The van der Waals surface area contributed by atoms with Gasteiger partial charge in [0.25, 0.3) is 0 Å². The predicted octanol–water partition coefficient (Wildman–Crippen LogP) is 4.05. The van der Waals surface area contributed by atoms with E-state index in [4.69, 9.17) is 16.3 Å². The third kappa shape index (κ3) is 2.96. The zero-order valence-electron chi connectivity index (χ0n) is 10.6. The topological polar surface area (TPSA) is 26.3 Å². The van der Waals surface area contributed by atoms with Crippen LogP contribution in [0.2, 0.25) is 5.02 Å². The summed E-state index contributed by atoms with van der Waals surface area (Å²) in [5.41, 5.74) is 0.237. The summed E-state index contributed by atoms with van der Waals surface area (Å²) >= 11 is 5.66. The van der Waals surface area contributed by atoms with Crippen molar-refractivity contribution in [2.75, 3.05) is 7.11 Å². The molecule has 0 heterocycles. The van der Waals surface area contributed by atoms with Crippen LogP contribution >= 0.6 is 11.6 Å². The van der Waals surface area contributed by atoms with Gasteiger partial charge in [0.2, 0.25) is 0 Å². The zero-order valence-corrected chi connectivity index (χ0v) is 11.4. The average Bonchev–Trinajstić information content (AvgIpc) is 2.43. The highest BCUT2D eigenvalue weighted by Gasteiger charge is 2.16. The van der Waals surface area contributed by atoms with Crippen molar-refractivity contribution in [3.63, 3.8) is 0 Å². The maximum absolute atomic E-state index is 13.7. The van der Waals surface area contributed by atoms with Gasteiger partial charge >= 0.3 is 0 Å². The molecule has 0 aliphatic rings. The SMILES string of the molecule is COc1ccc(F)cc1C(=O)Cc1cccc(Cl)c1F. The molecule has 0 bridgehead atoms. The van der Waals surface area contributed by atoms with Gasteiger partial charge in [-0.3, -0.25) is 4.79 Å². The molecule has 2 aromatic rings. The molecular weight excluding hydrogens is 286 g/mol. The molecule has 0 aliphatic carbocycles. The monoisotopic (exact) mass is 296 g/mol. The fraction of sp³-hybridized carbons (Fsp3) is 0.133. The van der Waals surface area contributed by atoms with Gasteiger partial charge in [0.05, 0.1) is 17.7 Å². The van der Waals surface area contributed by atoms with Crippen LogP contribution in [0.3, 0.4) is 0 Å². The number of halogens is 3. The third-order valence-electron chi connectivity index (χ3n) is 2.84. The van der Waals surface area contributed by atoms with Gasteiger partial charge in [0.15, 0.2) is 5.78 Å². The normalized spacial score (nSPS) is 10.4. The number of benzene rings is 2. The fourth-order valence-corrected chi connectivity index (χ4v) is 2.05. The van der Waals surface area contributed by atoms with Gasteiger partial charge in [-0.05, 0) is 29.8 Å². The second kappa shape index (κ2) is 6.01. The zero-order chi connectivity index (χ0) is 14.7. The second-order valence-corrected chi connectivity index (χ2v) is 4.56. The summed E-state index contributed by atoms with van der Waals surface area (Å²) in [7, 11) is 1.38. The Bertz CT molecular complexity index is 656. The lowest BCUT2D eigenvalue weighted by Gasteiger charge is -2.08. The Morgan fingerprint density at radius 1 is 1.25 bits per heavy atom. The maximum atomic E-state index is 13.7. The molecule has 2 rings (SSSR count). The first-order chi connectivity index (χ1) is 9.52. The lowest BCUT2D eigenvalue weighted by Crippen LogP contribution is -2.08. The van der Waals surface area contributed by atoms with Crippen molar-refractivity contribution >= 4 is 17.4 Å². The highest BCUT2D eigenvalue weighted by atomic mass is 35.5. The molecule has 5 heteroatoms. The van der Waals surface area contributed by atoms with Gasteiger partial charge in [0.1, 0.15) is 17.4 Å². The van der Waals surface area contributed by atoms with Crippen LogP contribution in [-0.2, 0) is 6.42 Å². The van der Waals surface area contributed by atoms with Gasteiger partial charge in [-0.25, -0.2) is 8.78 Å². The van der Waals surface area contributed by atoms with Crippen molar-refractivity contribution < 1.29 is 18.3 Å². The lowest BCUT2D eigenvalue weighted by atomic mass is 10.0. The van der Waals surface area contributed by atoms with Crippen molar-refractivity contribution in [2.45, 2.75) is 6.42 Å². The minimum atomic E-state index is -0.641. The number of ether oxygens (including phenoxy) is 1. The molecule has 0 fully saturated rings.